The van der Waals surface area contributed by atoms with Crippen LogP contribution in [-0.2, 0) is 10.0 Å². The number of ether oxygens (including phenoxy) is 1. The summed E-state index contributed by atoms with van der Waals surface area (Å²) in [4.78, 5) is 2.41. The highest BCUT2D eigenvalue weighted by Crippen LogP contribution is 2.43. The Hall–Kier alpha value is -1.57. The molecule has 0 N–H and O–H groups in total. The second kappa shape index (κ2) is 7.69. The van der Waals surface area contributed by atoms with Gasteiger partial charge in [-0.3, -0.25) is 0 Å². The molecule has 150 valence electrons. The van der Waals surface area contributed by atoms with Crippen LogP contribution in [0.2, 0.25) is 0 Å². The number of hydrogen-bond acceptors (Lipinski definition) is 4. The Balaban J connectivity index is 1.85. The highest BCUT2D eigenvalue weighted by atomic mass is 79.9. The number of sulfonamides is 1. The zero-order chi connectivity index (χ0) is 19.9. The number of anilines is 2. The SMILES string of the molecule is COc1cc2c(cc1Br)N(c1ccccc1)CC(CCC1CC1)N(C)S2(=O)=O. The fourth-order valence-electron chi connectivity index (χ4n) is 3.83. The van der Waals surface area contributed by atoms with E-state index in [1.807, 2.05) is 36.4 Å². The van der Waals surface area contributed by atoms with Crippen LogP contribution < -0.4 is 9.64 Å². The third kappa shape index (κ3) is 3.67. The van der Waals surface area contributed by atoms with Gasteiger partial charge in [0.1, 0.15) is 10.6 Å². The molecule has 2 aliphatic rings. The first kappa shape index (κ1) is 19.7. The number of para-hydroxylation sites is 1. The summed E-state index contributed by atoms with van der Waals surface area (Å²) >= 11 is 3.53. The molecule has 28 heavy (non-hydrogen) atoms. The zero-order valence-electron chi connectivity index (χ0n) is 16.1. The first-order chi connectivity index (χ1) is 13.4. The van der Waals surface area contributed by atoms with E-state index in [9.17, 15) is 8.42 Å². The minimum atomic E-state index is -3.63. The molecule has 5 nitrogen and oxygen atoms in total. The van der Waals surface area contributed by atoms with Crippen molar-refractivity contribution in [2.45, 2.75) is 36.6 Å². The molecule has 0 aromatic heterocycles. The van der Waals surface area contributed by atoms with Gasteiger partial charge in [-0.1, -0.05) is 31.0 Å². The summed E-state index contributed by atoms with van der Waals surface area (Å²) in [5.41, 5.74) is 1.67. The topological polar surface area (TPSA) is 49.9 Å². The second-order valence-corrected chi connectivity index (χ2v) is 10.4. The summed E-state index contributed by atoms with van der Waals surface area (Å²) < 4.78 is 34.6. The molecule has 7 heteroatoms. The van der Waals surface area contributed by atoms with Crippen LogP contribution in [0, 0.1) is 5.92 Å². The minimum absolute atomic E-state index is 0.0806. The van der Waals surface area contributed by atoms with Crippen LogP contribution >= 0.6 is 15.9 Å². The van der Waals surface area contributed by atoms with E-state index in [0.717, 1.165) is 28.9 Å². The fraction of sp³-hybridized carbons (Fsp3) is 0.429. The Labute approximate surface area is 175 Å². The van der Waals surface area contributed by atoms with Gasteiger partial charge in [0.2, 0.25) is 10.0 Å². The van der Waals surface area contributed by atoms with Gasteiger partial charge in [0.15, 0.2) is 0 Å². The van der Waals surface area contributed by atoms with Crippen molar-refractivity contribution < 1.29 is 13.2 Å². The van der Waals surface area contributed by atoms with Crippen molar-refractivity contribution in [2.24, 2.45) is 5.92 Å². The number of benzene rings is 2. The lowest BCUT2D eigenvalue weighted by Crippen LogP contribution is -2.40. The van der Waals surface area contributed by atoms with Crippen molar-refractivity contribution in [3.8, 4) is 5.75 Å². The lowest BCUT2D eigenvalue weighted by molar-refractivity contribution is 0.347. The smallest absolute Gasteiger partial charge is 0.245 e. The molecule has 1 atom stereocenters. The molecule has 0 saturated heterocycles. The van der Waals surface area contributed by atoms with Crippen molar-refractivity contribution in [2.75, 3.05) is 25.6 Å². The number of methoxy groups -OCH3 is 1. The van der Waals surface area contributed by atoms with E-state index < -0.39 is 10.0 Å². The first-order valence-corrected chi connectivity index (χ1v) is 11.8. The molecular weight excluding hydrogens is 440 g/mol. The highest BCUT2D eigenvalue weighted by molar-refractivity contribution is 9.10. The summed E-state index contributed by atoms with van der Waals surface area (Å²) in [6.07, 6.45) is 4.50. The standard InChI is InChI=1S/C21H25BrN2O3S/c1-23-17(11-10-15-8-9-15)14-24(16-6-4-3-5-7-16)19-12-18(22)20(27-2)13-21(19)28(23,25)26/h3-7,12-13,15,17H,8-11,14H2,1-2H3. The van der Waals surface area contributed by atoms with Gasteiger partial charge in [0.05, 0.1) is 17.3 Å². The Morgan fingerprint density at radius 3 is 2.50 bits per heavy atom. The fourth-order valence-corrected chi connectivity index (χ4v) is 5.89. The van der Waals surface area contributed by atoms with E-state index in [1.165, 1.54) is 12.8 Å². The Kier molecular flexibility index (Phi) is 5.42. The van der Waals surface area contributed by atoms with Gasteiger partial charge in [-0.15, -0.1) is 0 Å². The van der Waals surface area contributed by atoms with E-state index >= 15 is 0 Å². The van der Waals surface area contributed by atoms with E-state index in [1.54, 1.807) is 24.5 Å². The van der Waals surface area contributed by atoms with Crippen LogP contribution in [0.3, 0.4) is 0 Å². The molecule has 0 radical (unpaired) electrons. The van der Waals surface area contributed by atoms with Crippen LogP contribution in [0.25, 0.3) is 0 Å². The number of fused-ring (bicyclic) bond motifs is 1. The number of nitrogens with zero attached hydrogens (tertiary/aromatic N) is 2. The van der Waals surface area contributed by atoms with Gasteiger partial charge < -0.3 is 9.64 Å². The molecule has 1 aliphatic carbocycles. The lowest BCUT2D eigenvalue weighted by Gasteiger charge is -2.29. The van der Waals surface area contributed by atoms with Crippen LogP contribution in [-0.4, -0.2) is 39.5 Å². The van der Waals surface area contributed by atoms with Crippen LogP contribution in [0.15, 0.2) is 51.8 Å². The summed E-state index contributed by atoms with van der Waals surface area (Å²) in [5, 5.41) is 0. The van der Waals surface area contributed by atoms with E-state index in [4.69, 9.17) is 4.74 Å². The second-order valence-electron chi connectivity index (χ2n) is 7.60. The normalized spacial score (nSPS) is 21.8. The molecule has 1 heterocycles. The number of hydrogen-bond donors (Lipinski definition) is 0. The minimum Gasteiger partial charge on any atom is -0.496 e. The van der Waals surface area contributed by atoms with Crippen LogP contribution in [0.4, 0.5) is 11.4 Å². The van der Waals surface area contributed by atoms with Crippen molar-refractivity contribution in [3.05, 3.63) is 46.9 Å². The van der Waals surface area contributed by atoms with Gasteiger partial charge in [0, 0.05) is 31.4 Å². The number of rotatable bonds is 5. The van der Waals surface area contributed by atoms with E-state index in [2.05, 4.69) is 20.8 Å². The number of halogens is 1. The molecule has 0 amide bonds. The number of likely N-dealkylation sites (N-methyl/N-ethyl adjacent to an activating group) is 1. The summed E-state index contributed by atoms with van der Waals surface area (Å²) in [5.74, 6) is 1.28. The van der Waals surface area contributed by atoms with Gasteiger partial charge in [0.25, 0.3) is 0 Å². The molecule has 1 saturated carbocycles. The molecule has 0 spiro atoms. The third-order valence-corrected chi connectivity index (χ3v) is 8.32. The van der Waals surface area contributed by atoms with Crippen molar-refractivity contribution in [1.29, 1.82) is 0 Å². The van der Waals surface area contributed by atoms with Crippen LogP contribution in [0.5, 0.6) is 5.75 Å². The molecule has 2 aromatic rings. The van der Waals surface area contributed by atoms with Crippen molar-refractivity contribution in [1.82, 2.24) is 4.31 Å². The largest absolute Gasteiger partial charge is 0.496 e. The Morgan fingerprint density at radius 2 is 1.86 bits per heavy atom. The third-order valence-electron chi connectivity index (χ3n) is 5.76. The molecule has 2 aromatic carbocycles. The summed E-state index contributed by atoms with van der Waals surface area (Å²) in [6.45, 7) is 0.623. The maximum atomic E-state index is 13.5. The average Bonchev–Trinajstić information content (AvgIpc) is 3.52. The molecule has 4 rings (SSSR count). The van der Waals surface area contributed by atoms with Crippen LogP contribution in [0.1, 0.15) is 25.7 Å². The summed E-state index contributed by atoms with van der Waals surface area (Å²) in [7, 11) is -0.377. The van der Waals surface area contributed by atoms with Gasteiger partial charge in [-0.25, -0.2) is 8.42 Å². The van der Waals surface area contributed by atoms with Gasteiger partial charge >= 0.3 is 0 Å². The highest BCUT2D eigenvalue weighted by Gasteiger charge is 2.38. The molecule has 0 bridgehead atoms. The van der Waals surface area contributed by atoms with Crippen molar-refractivity contribution in [3.63, 3.8) is 0 Å². The predicted octanol–water partition coefficient (Wildman–Crippen LogP) is 4.79. The van der Waals surface area contributed by atoms with E-state index in [-0.39, 0.29) is 10.9 Å². The molecular formula is C21H25BrN2O3S. The molecule has 1 aliphatic heterocycles. The Morgan fingerprint density at radius 1 is 1.14 bits per heavy atom. The van der Waals surface area contributed by atoms with Gasteiger partial charge in [-0.05, 0) is 52.9 Å². The van der Waals surface area contributed by atoms with E-state index in [0.29, 0.717) is 18.0 Å². The average molecular weight is 465 g/mol. The zero-order valence-corrected chi connectivity index (χ0v) is 18.5. The Bertz CT molecular complexity index is 961. The van der Waals surface area contributed by atoms with Crippen molar-refractivity contribution >= 4 is 37.3 Å². The van der Waals surface area contributed by atoms with Gasteiger partial charge in [-0.2, -0.15) is 4.31 Å². The predicted molar refractivity (Wildman–Crippen MR) is 115 cm³/mol. The monoisotopic (exact) mass is 464 g/mol. The quantitative estimate of drug-likeness (QED) is 0.637. The molecule has 1 unspecified atom stereocenters. The first-order valence-electron chi connectivity index (χ1n) is 9.60. The molecule has 1 fully saturated rings. The maximum Gasteiger partial charge on any atom is 0.245 e. The maximum absolute atomic E-state index is 13.5. The lowest BCUT2D eigenvalue weighted by atomic mass is 10.1. The summed E-state index contributed by atoms with van der Waals surface area (Å²) in [6, 6.07) is 13.4.